The molecule has 2 fully saturated rings. The molecule has 2 aliphatic heterocycles. The summed E-state index contributed by atoms with van der Waals surface area (Å²) in [6.07, 6.45) is 5.06. The van der Waals surface area contributed by atoms with E-state index in [1.165, 1.54) is 44.3 Å². The molecule has 5 nitrogen and oxygen atoms in total. The first kappa shape index (κ1) is 18.4. The Labute approximate surface area is 172 Å². The molecule has 1 N–H and O–H groups in total. The summed E-state index contributed by atoms with van der Waals surface area (Å²) < 4.78 is 0. The number of rotatable bonds is 3. The molecular weight excluding hydrogens is 360 g/mol. The number of aromatic hydroxyl groups is 1. The van der Waals surface area contributed by atoms with Crippen LogP contribution < -0.4 is 4.90 Å². The van der Waals surface area contributed by atoms with E-state index in [9.17, 15) is 5.11 Å². The number of phenols is 1. The van der Waals surface area contributed by atoms with Crippen LogP contribution in [0.1, 0.15) is 31.2 Å². The van der Waals surface area contributed by atoms with E-state index in [-0.39, 0.29) is 5.75 Å². The summed E-state index contributed by atoms with van der Waals surface area (Å²) in [5.74, 6) is 1.81. The molecule has 0 spiro atoms. The lowest BCUT2D eigenvalue weighted by atomic mass is 10.0. The molecule has 1 aromatic heterocycles. The van der Waals surface area contributed by atoms with Gasteiger partial charge in [-0.3, -0.25) is 0 Å². The fraction of sp³-hybridized carbons (Fsp3) is 0.417. The number of fused-ring (bicyclic) bond motifs is 1. The van der Waals surface area contributed by atoms with Gasteiger partial charge in [-0.15, -0.1) is 0 Å². The van der Waals surface area contributed by atoms with E-state index in [1.54, 1.807) is 6.07 Å². The van der Waals surface area contributed by atoms with Crippen molar-refractivity contribution < 1.29 is 5.11 Å². The van der Waals surface area contributed by atoms with Crippen molar-refractivity contribution in [2.45, 2.75) is 38.6 Å². The minimum absolute atomic E-state index is 0.221. The predicted molar refractivity (Wildman–Crippen MR) is 117 cm³/mol. The van der Waals surface area contributed by atoms with Crippen molar-refractivity contribution in [2.24, 2.45) is 0 Å². The van der Waals surface area contributed by atoms with E-state index >= 15 is 0 Å². The molecule has 2 saturated heterocycles. The second kappa shape index (κ2) is 7.64. The van der Waals surface area contributed by atoms with Gasteiger partial charge < -0.3 is 14.9 Å². The third-order valence-electron chi connectivity index (χ3n) is 6.40. The van der Waals surface area contributed by atoms with E-state index in [4.69, 9.17) is 9.97 Å². The number of para-hydroxylation sites is 1. The molecule has 0 radical (unpaired) electrons. The van der Waals surface area contributed by atoms with Gasteiger partial charge in [0.05, 0.1) is 11.1 Å². The van der Waals surface area contributed by atoms with E-state index in [2.05, 4.69) is 34.9 Å². The zero-order chi connectivity index (χ0) is 19.8. The Balaban J connectivity index is 1.51. The molecular formula is C24H28N4O. The molecule has 29 heavy (non-hydrogen) atoms. The van der Waals surface area contributed by atoms with E-state index in [0.29, 0.717) is 17.4 Å². The molecule has 0 unspecified atom stereocenters. The van der Waals surface area contributed by atoms with Gasteiger partial charge >= 0.3 is 0 Å². The molecule has 3 aromatic rings. The summed E-state index contributed by atoms with van der Waals surface area (Å²) in [6, 6.07) is 14.4. The lowest BCUT2D eigenvalue weighted by Crippen LogP contribution is -2.44. The van der Waals surface area contributed by atoms with Crippen LogP contribution in [-0.4, -0.2) is 52.2 Å². The Morgan fingerprint density at radius 2 is 1.69 bits per heavy atom. The zero-order valence-electron chi connectivity index (χ0n) is 17.0. The molecule has 3 heterocycles. The van der Waals surface area contributed by atoms with Crippen molar-refractivity contribution in [1.82, 2.24) is 14.9 Å². The normalized spacial score (nSPS) is 18.6. The summed E-state index contributed by atoms with van der Waals surface area (Å²) in [5, 5.41) is 11.4. The Morgan fingerprint density at radius 1 is 0.931 bits per heavy atom. The quantitative estimate of drug-likeness (QED) is 0.722. The Morgan fingerprint density at radius 3 is 2.45 bits per heavy atom. The van der Waals surface area contributed by atoms with Crippen molar-refractivity contribution >= 4 is 16.7 Å². The fourth-order valence-electron chi connectivity index (χ4n) is 4.80. The first-order chi connectivity index (χ1) is 14.2. The predicted octanol–water partition coefficient (Wildman–Crippen LogP) is 4.38. The molecule has 2 aromatic carbocycles. The summed E-state index contributed by atoms with van der Waals surface area (Å²) in [7, 11) is 0. The summed E-state index contributed by atoms with van der Waals surface area (Å²) >= 11 is 0. The molecule has 0 aliphatic carbocycles. The molecule has 2 aliphatic rings. The number of phenolic OH excluding ortho intramolecular Hbond substituents is 1. The van der Waals surface area contributed by atoms with E-state index in [1.807, 2.05) is 18.2 Å². The minimum atomic E-state index is 0.221. The highest BCUT2D eigenvalue weighted by Gasteiger charge is 2.28. The Kier molecular flexibility index (Phi) is 4.84. The average Bonchev–Trinajstić information content (AvgIpc) is 3.28. The van der Waals surface area contributed by atoms with Crippen LogP contribution in [0.2, 0.25) is 0 Å². The van der Waals surface area contributed by atoms with Crippen LogP contribution in [-0.2, 0) is 0 Å². The maximum absolute atomic E-state index is 10.3. The fourth-order valence-corrected chi connectivity index (χ4v) is 4.80. The van der Waals surface area contributed by atoms with E-state index < -0.39 is 0 Å². The topological polar surface area (TPSA) is 52.5 Å². The third-order valence-corrected chi connectivity index (χ3v) is 6.40. The van der Waals surface area contributed by atoms with Crippen molar-refractivity contribution in [2.75, 3.05) is 31.1 Å². The first-order valence-electron chi connectivity index (χ1n) is 10.7. The van der Waals surface area contributed by atoms with Crippen LogP contribution in [0.3, 0.4) is 0 Å². The number of anilines is 1. The van der Waals surface area contributed by atoms with Crippen LogP contribution in [0.15, 0.2) is 42.5 Å². The monoisotopic (exact) mass is 388 g/mol. The van der Waals surface area contributed by atoms with Gasteiger partial charge in [-0.1, -0.05) is 18.2 Å². The van der Waals surface area contributed by atoms with Crippen molar-refractivity contribution in [1.29, 1.82) is 0 Å². The molecule has 0 bridgehead atoms. The van der Waals surface area contributed by atoms with Crippen molar-refractivity contribution in [3.8, 4) is 17.1 Å². The van der Waals surface area contributed by atoms with Gasteiger partial charge in [0, 0.05) is 24.5 Å². The van der Waals surface area contributed by atoms with Gasteiger partial charge in [0.1, 0.15) is 11.6 Å². The van der Waals surface area contributed by atoms with Gasteiger partial charge in [-0.25, -0.2) is 9.97 Å². The summed E-state index contributed by atoms with van der Waals surface area (Å²) in [5.41, 5.74) is 2.80. The van der Waals surface area contributed by atoms with Crippen LogP contribution in [0, 0.1) is 6.92 Å². The Bertz CT molecular complexity index is 1020. The van der Waals surface area contributed by atoms with Crippen LogP contribution in [0.5, 0.6) is 5.75 Å². The molecule has 0 amide bonds. The highest BCUT2D eigenvalue weighted by atomic mass is 16.3. The zero-order valence-corrected chi connectivity index (χ0v) is 17.0. The molecule has 0 atom stereocenters. The maximum atomic E-state index is 10.3. The number of likely N-dealkylation sites (tertiary alicyclic amines) is 1. The number of benzene rings is 2. The summed E-state index contributed by atoms with van der Waals surface area (Å²) in [6.45, 7) is 6.64. The SMILES string of the molecule is Cc1ccc2c(N3CCC(N4CCCC4)CC3)nc(-c3ccccc3O)nc2c1. The highest BCUT2D eigenvalue weighted by molar-refractivity contribution is 5.91. The number of hydrogen-bond donors (Lipinski definition) is 1. The summed E-state index contributed by atoms with van der Waals surface area (Å²) in [4.78, 5) is 14.8. The maximum Gasteiger partial charge on any atom is 0.165 e. The molecule has 5 heteroatoms. The number of aromatic nitrogens is 2. The smallest absolute Gasteiger partial charge is 0.165 e. The Hall–Kier alpha value is -2.66. The third kappa shape index (κ3) is 3.55. The molecule has 0 saturated carbocycles. The lowest BCUT2D eigenvalue weighted by Gasteiger charge is -2.37. The minimum Gasteiger partial charge on any atom is -0.507 e. The van der Waals surface area contributed by atoms with Gasteiger partial charge in [-0.2, -0.15) is 0 Å². The van der Waals surface area contributed by atoms with Crippen molar-refractivity contribution in [3.05, 3.63) is 48.0 Å². The molecule has 5 rings (SSSR count). The van der Waals surface area contributed by atoms with Gasteiger partial charge in [0.25, 0.3) is 0 Å². The molecule has 150 valence electrons. The van der Waals surface area contributed by atoms with Crippen LogP contribution >= 0.6 is 0 Å². The second-order valence-corrected chi connectivity index (χ2v) is 8.37. The number of hydrogen-bond acceptors (Lipinski definition) is 5. The standard InChI is InChI=1S/C24H28N4O/c1-17-8-9-19-21(16-17)25-23(20-6-2-3-7-22(20)29)26-24(19)28-14-10-18(11-15-28)27-12-4-5-13-27/h2-3,6-9,16,18,29H,4-5,10-15H2,1H3. The number of piperidine rings is 1. The van der Waals surface area contributed by atoms with Gasteiger partial charge in [0.15, 0.2) is 5.82 Å². The van der Waals surface area contributed by atoms with Crippen LogP contribution in [0.25, 0.3) is 22.3 Å². The van der Waals surface area contributed by atoms with Crippen molar-refractivity contribution in [3.63, 3.8) is 0 Å². The largest absolute Gasteiger partial charge is 0.507 e. The van der Waals surface area contributed by atoms with E-state index in [0.717, 1.165) is 29.8 Å². The average molecular weight is 389 g/mol. The lowest BCUT2D eigenvalue weighted by molar-refractivity contribution is 0.208. The second-order valence-electron chi connectivity index (χ2n) is 8.37. The van der Waals surface area contributed by atoms with Gasteiger partial charge in [-0.05, 0) is 75.5 Å². The number of nitrogens with zero attached hydrogens (tertiary/aromatic N) is 4. The number of aryl methyl sites for hydroxylation is 1. The van der Waals surface area contributed by atoms with Crippen LogP contribution in [0.4, 0.5) is 5.82 Å². The highest BCUT2D eigenvalue weighted by Crippen LogP contribution is 2.33. The first-order valence-corrected chi connectivity index (χ1v) is 10.7. The van der Waals surface area contributed by atoms with Gasteiger partial charge in [0.2, 0.25) is 0 Å².